The van der Waals surface area contributed by atoms with Crippen molar-refractivity contribution < 1.29 is 19.6 Å². The molecule has 1 amide bonds. The van der Waals surface area contributed by atoms with Gasteiger partial charge >= 0.3 is 5.97 Å². The normalized spacial score (nSPS) is 17.1. The van der Waals surface area contributed by atoms with Crippen molar-refractivity contribution in [1.29, 1.82) is 0 Å². The van der Waals surface area contributed by atoms with Gasteiger partial charge in [0.2, 0.25) is 5.91 Å². The van der Waals surface area contributed by atoms with Crippen LogP contribution >= 0.6 is 0 Å². The maximum Gasteiger partial charge on any atom is 0.319 e. The molecule has 1 fully saturated rings. The highest BCUT2D eigenvalue weighted by atomic mass is 16.6. The molecule has 1 aromatic rings. The van der Waals surface area contributed by atoms with Crippen LogP contribution in [-0.2, 0) is 9.59 Å². The molecule has 2 rings (SSSR count). The lowest BCUT2D eigenvalue weighted by Crippen LogP contribution is -2.38. The average molecular weight is 278 g/mol. The highest BCUT2D eigenvalue weighted by molar-refractivity contribution is 6.04. The minimum atomic E-state index is -1.31. The largest absolute Gasteiger partial charge is 0.480 e. The second-order valence-corrected chi connectivity index (χ2v) is 4.93. The Bertz CT molecular complexity index is 580. The second kappa shape index (κ2) is 4.92. The van der Waals surface area contributed by atoms with Gasteiger partial charge in [-0.25, -0.2) is 0 Å². The Hall–Kier alpha value is -2.44. The third-order valence-electron chi connectivity index (χ3n) is 3.52. The fourth-order valence-corrected chi connectivity index (χ4v) is 1.99. The van der Waals surface area contributed by atoms with Gasteiger partial charge in [0.15, 0.2) is 0 Å². The number of nitro benzene ring substituents is 1. The van der Waals surface area contributed by atoms with E-state index in [1.54, 1.807) is 13.0 Å². The molecule has 20 heavy (non-hydrogen) atoms. The molecule has 0 heterocycles. The van der Waals surface area contributed by atoms with Crippen molar-refractivity contribution in [2.75, 3.05) is 0 Å². The lowest BCUT2D eigenvalue weighted by atomic mass is 10.0. The number of carbonyl (C=O) groups excluding carboxylic acids is 1. The number of amides is 1. The van der Waals surface area contributed by atoms with Crippen molar-refractivity contribution in [3.8, 4) is 0 Å². The number of carbonyl (C=O) groups is 2. The van der Waals surface area contributed by atoms with Gasteiger partial charge < -0.3 is 10.4 Å². The Balaban J connectivity index is 2.11. The van der Waals surface area contributed by atoms with E-state index in [0.717, 1.165) is 0 Å². The average Bonchev–Trinajstić information content (AvgIpc) is 3.20. The molecule has 0 spiro atoms. The van der Waals surface area contributed by atoms with Crippen LogP contribution in [0, 0.1) is 15.5 Å². The molecule has 0 saturated heterocycles. The zero-order valence-corrected chi connectivity index (χ0v) is 10.8. The van der Waals surface area contributed by atoms with Crippen molar-refractivity contribution in [3.63, 3.8) is 0 Å². The summed E-state index contributed by atoms with van der Waals surface area (Å²) in [6.45, 7) is 1.66. The molecule has 106 valence electrons. The fraction of sp³-hybridized carbons (Fsp3) is 0.385. The van der Waals surface area contributed by atoms with Crippen LogP contribution in [-0.4, -0.2) is 21.9 Å². The number of nitrogens with zero attached hydrogens (tertiary/aromatic N) is 1. The number of rotatable bonds is 5. The zero-order valence-electron chi connectivity index (χ0n) is 10.8. The van der Waals surface area contributed by atoms with E-state index in [9.17, 15) is 19.7 Å². The van der Waals surface area contributed by atoms with E-state index in [2.05, 4.69) is 5.32 Å². The van der Waals surface area contributed by atoms with E-state index in [4.69, 9.17) is 5.11 Å². The van der Waals surface area contributed by atoms with E-state index >= 15 is 0 Å². The van der Waals surface area contributed by atoms with Crippen LogP contribution in [0.3, 0.4) is 0 Å². The van der Waals surface area contributed by atoms with Crippen LogP contribution in [0.5, 0.6) is 0 Å². The molecule has 7 nitrogen and oxygen atoms in total. The third-order valence-corrected chi connectivity index (χ3v) is 3.52. The van der Waals surface area contributed by atoms with Gasteiger partial charge in [0.25, 0.3) is 5.69 Å². The summed E-state index contributed by atoms with van der Waals surface area (Å²) in [5.41, 5.74) is -0.814. The highest BCUT2D eigenvalue weighted by Crippen LogP contribution is 2.46. The van der Waals surface area contributed by atoms with Crippen molar-refractivity contribution >= 4 is 17.6 Å². The number of aliphatic carboxylic acids is 1. The number of non-ortho nitro benzene ring substituents is 1. The third kappa shape index (κ3) is 2.47. The number of carboxylic acids is 1. The Morgan fingerprint density at radius 1 is 1.45 bits per heavy atom. The summed E-state index contributed by atoms with van der Waals surface area (Å²) >= 11 is 0. The topological polar surface area (TPSA) is 110 Å². The van der Waals surface area contributed by atoms with E-state index in [1.165, 1.54) is 18.2 Å². The van der Waals surface area contributed by atoms with Crippen LogP contribution in [0.25, 0.3) is 0 Å². The molecule has 1 aromatic carbocycles. The van der Waals surface area contributed by atoms with Crippen molar-refractivity contribution in [1.82, 2.24) is 5.32 Å². The van der Waals surface area contributed by atoms with Crippen molar-refractivity contribution in [2.45, 2.75) is 25.8 Å². The molecule has 1 aliphatic rings. The van der Waals surface area contributed by atoms with Gasteiger partial charge in [-0.3, -0.25) is 19.7 Å². The van der Waals surface area contributed by atoms with Crippen LogP contribution in [0.2, 0.25) is 0 Å². The summed E-state index contributed by atoms with van der Waals surface area (Å²) in [6, 6.07) is 5.42. The first-order chi connectivity index (χ1) is 9.36. The smallest absolute Gasteiger partial charge is 0.319 e. The zero-order chi connectivity index (χ0) is 14.9. The molecule has 1 saturated carbocycles. The molecule has 0 radical (unpaired) electrons. The molecule has 0 aromatic heterocycles. The van der Waals surface area contributed by atoms with Gasteiger partial charge in [0.1, 0.15) is 5.41 Å². The summed E-state index contributed by atoms with van der Waals surface area (Å²) in [5, 5.41) is 22.3. The monoisotopic (exact) mass is 278 g/mol. The Labute approximate surface area is 114 Å². The first-order valence-corrected chi connectivity index (χ1v) is 6.15. The number of nitro groups is 1. The van der Waals surface area contributed by atoms with Crippen LogP contribution in [0.1, 0.15) is 31.4 Å². The molecule has 1 atom stereocenters. The van der Waals surface area contributed by atoms with E-state index in [-0.39, 0.29) is 5.69 Å². The highest BCUT2D eigenvalue weighted by Gasteiger charge is 2.57. The predicted molar refractivity (Wildman–Crippen MR) is 69.0 cm³/mol. The van der Waals surface area contributed by atoms with Crippen molar-refractivity contribution in [2.24, 2.45) is 5.41 Å². The number of nitrogens with one attached hydrogen (secondary N) is 1. The molecule has 2 N–H and O–H groups in total. The number of hydrogen-bond acceptors (Lipinski definition) is 4. The van der Waals surface area contributed by atoms with Crippen LogP contribution in [0.4, 0.5) is 5.69 Å². The predicted octanol–water partition coefficient (Wildman–Crippen LogP) is 1.64. The minimum absolute atomic E-state index is 0.0667. The molecule has 1 aliphatic carbocycles. The van der Waals surface area contributed by atoms with E-state index in [0.29, 0.717) is 18.4 Å². The summed E-state index contributed by atoms with van der Waals surface area (Å²) in [5.74, 6) is -1.66. The van der Waals surface area contributed by atoms with E-state index < -0.39 is 28.3 Å². The number of carboxylic acid groups (broad SMARTS) is 1. The van der Waals surface area contributed by atoms with Gasteiger partial charge in [0, 0.05) is 12.1 Å². The molecule has 7 heteroatoms. The molecule has 1 unspecified atom stereocenters. The van der Waals surface area contributed by atoms with Crippen molar-refractivity contribution in [3.05, 3.63) is 39.9 Å². The van der Waals surface area contributed by atoms with Gasteiger partial charge in [-0.15, -0.1) is 0 Å². The minimum Gasteiger partial charge on any atom is -0.480 e. The van der Waals surface area contributed by atoms with Gasteiger partial charge in [-0.05, 0) is 25.3 Å². The molecule has 0 bridgehead atoms. The lowest BCUT2D eigenvalue weighted by Gasteiger charge is -2.17. The first-order valence-electron chi connectivity index (χ1n) is 6.15. The second-order valence-electron chi connectivity index (χ2n) is 4.93. The van der Waals surface area contributed by atoms with Gasteiger partial charge in [-0.1, -0.05) is 12.1 Å². The summed E-state index contributed by atoms with van der Waals surface area (Å²) in [7, 11) is 0. The standard InChI is InChI=1S/C13H14N2O5/c1-8(9-3-2-4-10(7-9)15(19)20)14-11(16)13(5-6-13)12(17)18/h2-4,7-8H,5-6H2,1H3,(H,14,16)(H,17,18). The summed E-state index contributed by atoms with van der Waals surface area (Å²) in [6.07, 6.45) is 0.658. The lowest BCUT2D eigenvalue weighted by molar-refractivity contribution is -0.384. The van der Waals surface area contributed by atoms with Crippen LogP contribution < -0.4 is 5.32 Å². The summed E-state index contributed by atoms with van der Waals surface area (Å²) < 4.78 is 0. The Morgan fingerprint density at radius 2 is 2.10 bits per heavy atom. The molecular weight excluding hydrogens is 264 g/mol. The fourth-order valence-electron chi connectivity index (χ4n) is 1.99. The van der Waals surface area contributed by atoms with Gasteiger partial charge in [-0.2, -0.15) is 0 Å². The number of hydrogen-bond donors (Lipinski definition) is 2. The summed E-state index contributed by atoms with van der Waals surface area (Å²) in [4.78, 5) is 33.2. The molecule has 0 aliphatic heterocycles. The van der Waals surface area contributed by atoms with E-state index in [1.807, 2.05) is 0 Å². The first kappa shape index (κ1) is 14.0. The van der Waals surface area contributed by atoms with Gasteiger partial charge in [0.05, 0.1) is 11.0 Å². The maximum atomic E-state index is 11.9. The Kier molecular flexibility index (Phi) is 3.44. The Morgan fingerprint density at radius 3 is 2.60 bits per heavy atom. The quantitative estimate of drug-likeness (QED) is 0.483. The maximum absolute atomic E-state index is 11.9. The molecular formula is C13H14N2O5. The SMILES string of the molecule is CC(NC(=O)C1(C(=O)O)CC1)c1cccc([N+](=O)[O-])c1. The number of benzene rings is 1. The van der Waals surface area contributed by atoms with Crippen LogP contribution in [0.15, 0.2) is 24.3 Å².